The van der Waals surface area contributed by atoms with E-state index in [1.165, 1.54) is 0 Å². The molecule has 0 aliphatic carbocycles. The van der Waals surface area contributed by atoms with Crippen LogP contribution in [0.2, 0.25) is 0 Å². The summed E-state index contributed by atoms with van der Waals surface area (Å²) < 4.78 is 5.46. The number of aromatic nitrogens is 1. The predicted molar refractivity (Wildman–Crippen MR) is 105 cm³/mol. The Balaban J connectivity index is 2.54. The summed E-state index contributed by atoms with van der Waals surface area (Å²) in [7, 11) is 0. The molecular formula is C20H18N4O2S. The molecule has 0 atom stereocenters. The van der Waals surface area contributed by atoms with Gasteiger partial charge in [0.05, 0.1) is 11.3 Å². The summed E-state index contributed by atoms with van der Waals surface area (Å²) in [5.41, 5.74) is 7.38. The van der Waals surface area contributed by atoms with Gasteiger partial charge in [-0.15, -0.1) is 0 Å². The molecule has 0 saturated carbocycles. The van der Waals surface area contributed by atoms with Gasteiger partial charge in [-0.3, -0.25) is 4.79 Å². The SMILES string of the molecule is C=CCOc1ccc(-c2c(C#N)c(N)nc(SCC(=O)CC)c2C#N)cc1. The average molecular weight is 378 g/mol. The smallest absolute Gasteiger partial charge is 0.143 e. The minimum atomic E-state index is 0.0323. The highest BCUT2D eigenvalue weighted by Gasteiger charge is 2.21. The second-order valence-corrected chi connectivity index (χ2v) is 6.42. The Bertz CT molecular complexity index is 940. The highest BCUT2D eigenvalue weighted by atomic mass is 32.2. The van der Waals surface area contributed by atoms with Crippen molar-refractivity contribution in [2.24, 2.45) is 0 Å². The van der Waals surface area contributed by atoms with Crippen LogP contribution < -0.4 is 10.5 Å². The van der Waals surface area contributed by atoms with Crippen molar-refractivity contribution in [3.63, 3.8) is 0 Å². The zero-order valence-corrected chi connectivity index (χ0v) is 15.7. The van der Waals surface area contributed by atoms with E-state index in [2.05, 4.69) is 17.6 Å². The summed E-state index contributed by atoms with van der Waals surface area (Å²) in [4.78, 5) is 15.8. The van der Waals surface area contributed by atoms with E-state index in [1.54, 1.807) is 37.3 Å². The lowest BCUT2D eigenvalue weighted by atomic mass is 9.97. The van der Waals surface area contributed by atoms with Crippen molar-refractivity contribution in [1.29, 1.82) is 10.5 Å². The Morgan fingerprint density at radius 2 is 1.96 bits per heavy atom. The Kier molecular flexibility index (Phi) is 6.99. The average Bonchev–Trinajstić information content (AvgIpc) is 2.70. The van der Waals surface area contributed by atoms with E-state index < -0.39 is 0 Å². The molecule has 0 fully saturated rings. The fourth-order valence-corrected chi connectivity index (χ4v) is 3.27. The minimum absolute atomic E-state index is 0.0323. The summed E-state index contributed by atoms with van der Waals surface area (Å²) in [5, 5.41) is 19.6. The molecular weight excluding hydrogens is 360 g/mol. The van der Waals surface area contributed by atoms with Crippen molar-refractivity contribution in [1.82, 2.24) is 4.98 Å². The van der Waals surface area contributed by atoms with Gasteiger partial charge in [-0.05, 0) is 17.7 Å². The first-order chi connectivity index (χ1) is 13.0. The van der Waals surface area contributed by atoms with Crippen LogP contribution in [0, 0.1) is 22.7 Å². The first-order valence-electron chi connectivity index (χ1n) is 8.17. The van der Waals surface area contributed by atoms with Crippen LogP contribution >= 0.6 is 11.8 Å². The van der Waals surface area contributed by atoms with Crippen molar-refractivity contribution < 1.29 is 9.53 Å². The zero-order chi connectivity index (χ0) is 19.8. The van der Waals surface area contributed by atoms with Crippen LogP contribution in [-0.2, 0) is 4.79 Å². The summed E-state index contributed by atoms with van der Waals surface area (Å²) >= 11 is 1.15. The summed E-state index contributed by atoms with van der Waals surface area (Å²) in [6.45, 7) is 5.75. The number of anilines is 1. The molecule has 0 unspecified atom stereocenters. The third-order valence-corrected chi connectivity index (χ3v) is 4.73. The van der Waals surface area contributed by atoms with Crippen molar-refractivity contribution in [3.8, 4) is 29.0 Å². The standard InChI is InChI=1S/C20H18N4O2S/c1-3-9-26-15-7-5-13(6-8-15)18-16(10-21)19(23)24-20(17(18)11-22)27-12-14(25)4-2/h3,5-8H,1,4,9,12H2,2H3,(H2,23,24). The van der Waals surface area contributed by atoms with Crippen molar-refractivity contribution in [2.75, 3.05) is 18.1 Å². The molecule has 6 nitrogen and oxygen atoms in total. The van der Waals surface area contributed by atoms with Crippen LogP contribution in [0.15, 0.2) is 41.9 Å². The Morgan fingerprint density at radius 3 is 2.52 bits per heavy atom. The first-order valence-corrected chi connectivity index (χ1v) is 9.16. The van der Waals surface area contributed by atoms with Gasteiger partial charge < -0.3 is 10.5 Å². The highest BCUT2D eigenvalue weighted by molar-refractivity contribution is 8.00. The van der Waals surface area contributed by atoms with Gasteiger partial charge in [0.2, 0.25) is 0 Å². The summed E-state index contributed by atoms with van der Waals surface area (Å²) in [6, 6.07) is 11.1. The first kappa shape index (κ1) is 20.0. The molecule has 1 heterocycles. The van der Waals surface area contributed by atoms with E-state index in [4.69, 9.17) is 10.5 Å². The fourth-order valence-electron chi connectivity index (χ4n) is 2.32. The fraction of sp³-hybridized carbons (Fsp3) is 0.200. The lowest BCUT2D eigenvalue weighted by Gasteiger charge is -2.13. The quantitative estimate of drug-likeness (QED) is 0.550. The monoisotopic (exact) mass is 378 g/mol. The second kappa shape index (κ2) is 9.42. The van der Waals surface area contributed by atoms with Crippen LogP contribution in [0.5, 0.6) is 5.75 Å². The van der Waals surface area contributed by atoms with E-state index in [0.717, 1.165) is 11.8 Å². The molecule has 2 aromatic rings. The Labute approximate surface area is 162 Å². The number of hydrogen-bond acceptors (Lipinski definition) is 7. The third kappa shape index (κ3) is 4.66. The molecule has 27 heavy (non-hydrogen) atoms. The van der Waals surface area contributed by atoms with Gasteiger partial charge in [0, 0.05) is 12.0 Å². The van der Waals surface area contributed by atoms with E-state index in [1.807, 2.05) is 6.07 Å². The van der Waals surface area contributed by atoms with Gasteiger partial charge in [0.15, 0.2) is 0 Å². The molecule has 0 saturated heterocycles. The van der Waals surface area contributed by atoms with Gasteiger partial charge >= 0.3 is 0 Å². The maximum absolute atomic E-state index is 11.6. The number of carbonyl (C=O) groups is 1. The van der Waals surface area contributed by atoms with Crippen LogP contribution in [0.3, 0.4) is 0 Å². The van der Waals surface area contributed by atoms with Gasteiger partial charge in [-0.2, -0.15) is 10.5 Å². The maximum atomic E-state index is 11.6. The second-order valence-electron chi connectivity index (χ2n) is 5.46. The topological polar surface area (TPSA) is 113 Å². The molecule has 1 aromatic heterocycles. The number of pyridine rings is 1. The molecule has 2 rings (SSSR count). The van der Waals surface area contributed by atoms with Gasteiger partial charge in [-0.1, -0.05) is 43.5 Å². The van der Waals surface area contributed by atoms with Crippen LogP contribution in [-0.4, -0.2) is 23.1 Å². The summed E-state index contributed by atoms with van der Waals surface area (Å²) in [6.07, 6.45) is 2.04. The number of Topliss-reactive ketones (excluding diaryl/α,β-unsaturated/α-hetero) is 1. The van der Waals surface area contributed by atoms with Crippen molar-refractivity contribution in [2.45, 2.75) is 18.4 Å². The Morgan fingerprint density at radius 1 is 1.30 bits per heavy atom. The van der Waals surface area contributed by atoms with E-state index in [9.17, 15) is 15.3 Å². The molecule has 2 N–H and O–H groups in total. The van der Waals surface area contributed by atoms with Crippen LogP contribution in [0.1, 0.15) is 24.5 Å². The Hall–Kier alpha value is -3.29. The molecule has 0 radical (unpaired) electrons. The molecule has 0 aliphatic heterocycles. The largest absolute Gasteiger partial charge is 0.490 e. The number of nitrogens with zero attached hydrogens (tertiary/aromatic N) is 3. The summed E-state index contributed by atoms with van der Waals surface area (Å²) in [5.74, 6) is 0.904. The number of hydrogen-bond donors (Lipinski definition) is 1. The molecule has 1 aromatic carbocycles. The number of ether oxygens (including phenoxy) is 1. The van der Waals surface area contributed by atoms with Gasteiger partial charge in [-0.25, -0.2) is 4.98 Å². The normalized spacial score (nSPS) is 9.89. The molecule has 0 bridgehead atoms. The van der Waals surface area contributed by atoms with Crippen molar-refractivity contribution >= 4 is 23.4 Å². The number of nitrogens with two attached hydrogens (primary N) is 1. The third-order valence-electron chi connectivity index (χ3n) is 3.69. The maximum Gasteiger partial charge on any atom is 0.143 e. The van der Waals surface area contributed by atoms with E-state index in [0.29, 0.717) is 34.9 Å². The number of nitriles is 2. The molecule has 0 aliphatic rings. The highest BCUT2D eigenvalue weighted by Crippen LogP contribution is 2.36. The molecule has 7 heteroatoms. The van der Waals surface area contributed by atoms with Crippen LogP contribution in [0.25, 0.3) is 11.1 Å². The predicted octanol–water partition coefficient (Wildman–Crippen LogP) is 3.71. The number of rotatable bonds is 8. The number of nitrogen functional groups attached to an aromatic ring is 1. The lowest BCUT2D eigenvalue weighted by molar-refractivity contribution is -0.116. The van der Waals surface area contributed by atoms with E-state index >= 15 is 0 Å². The molecule has 136 valence electrons. The number of benzene rings is 1. The number of ketones is 1. The van der Waals surface area contributed by atoms with E-state index in [-0.39, 0.29) is 28.5 Å². The molecule has 0 spiro atoms. The van der Waals surface area contributed by atoms with Gasteiger partial charge in [0.1, 0.15) is 46.7 Å². The van der Waals surface area contributed by atoms with Crippen molar-refractivity contribution in [3.05, 3.63) is 48.0 Å². The minimum Gasteiger partial charge on any atom is -0.490 e. The number of carbonyl (C=O) groups excluding carboxylic acids is 1. The lowest BCUT2D eigenvalue weighted by Crippen LogP contribution is -2.05. The zero-order valence-electron chi connectivity index (χ0n) is 14.9. The number of thioether (sulfide) groups is 1. The van der Waals surface area contributed by atoms with Gasteiger partial charge in [0.25, 0.3) is 0 Å². The van der Waals surface area contributed by atoms with Crippen LogP contribution in [0.4, 0.5) is 5.82 Å². The molecule has 0 amide bonds.